The lowest BCUT2D eigenvalue weighted by Gasteiger charge is -2.27. The number of rotatable bonds is 14. The number of hydrogen-bond donors (Lipinski definition) is 6. The SMILES string of the molecule is CC(C)CC(NC(=O)C(NC(=O)C(CCCCN)NC(=O)C(C)N)C(C)C)C(=O)O. The molecule has 4 unspecified atom stereocenters. The van der Waals surface area contributed by atoms with Gasteiger partial charge in [-0.2, -0.15) is 0 Å². The van der Waals surface area contributed by atoms with Crippen molar-refractivity contribution in [2.24, 2.45) is 23.3 Å². The molecule has 0 aliphatic rings. The van der Waals surface area contributed by atoms with Crippen LogP contribution in [0.1, 0.15) is 60.3 Å². The third-order valence-corrected chi connectivity index (χ3v) is 4.56. The summed E-state index contributed by atoms with van der Waals surface area (Å²) in [4.78, 5) is 49.0. The molecule has 0 saturated heterocycles. The van der Waals surface area contributed by atoms with Crippen molar-refractivity contribution in [1.29, 1.82) is 0 Å². The first-order valence-electron chi connectivity index (χ1n) is 10.5. The van der Waals surface area contributed by atoms with Crippen molar-refractivity contribution in [2.45, 2.75) is 84.5 Å². The highest BCUT2D eigenvalue weighted by atomic mass is 16.4. The monoisotopic (exact) mass is 429 g/mol. The molecular weight excluding hydrogens is 390 g/mol. The molecule has 10 nitrogen and oxygen atoms in total. The summed E-state index contributed by atoms with van der Waals surface area (Å²) in [6.07, 6.45) is 1.91. The van der Waals surface area contributed by atoms with Gasteiger partial charge in [0.05, 0.1) is 6.04 Å². The summed E-state index contributed by atoms with van der Waals surface area (Å²) in [5, 5.41) is 17.1. The number of carboxylic acid groups (broad SMARTS) is 1. The average molecular weight is 430 g/mol. The summed E-state index contributed by atoms with van der Waals surface area (Å²) in [6, 6.07) is -3.65. The van der Waals surface area contributed by atoms with Crippen molar-refractivity contribution < 1.29 is 24.3 Å². The fourth-order valence-corrected chi connectivity index (χ4v) is 2.81. The van der Waals surface area contributed by atoms with Gasteiger partial charge in [-0.25, -0.2) is 4.79 Å². The maximum Gasteiger partial charge on any atom is 0.326 e. The first-order chi connectivity index (χ1) is 13.9. The normalized spacial score (nSPS) is 15.2. The molecule has 3 amide bonds. The summed E-state index contributed by atoms with van der Waals surface area (Å²) >= 11 is 0. The van der Waals surface area contributed by atoms with Crippen LogP contribution in [0.2, 0.25) is 0 Å². The second-order valence-electron chi connectivity index (χ2n) is 8.39. The van der Waals surface area contributed by atoms with E-state index in [0.29, 0.717) is 25.8 Å². The van der Waals surface area contributed by atoms with Crippen LogP contribution >= 0.6 is 0 Å². The molecule has 0 spiro atoms. The van der Waals surface area contributed by atoms with Gasteiger partial charge in [0, 0.05) is 0 Å². The van der Waals surface area contributed by atoms with Gasteiger partial charge in [0.15, 0.2) is 0 Å². The molecule has 4 atom stereocenters. The maximum absolute atomic E-state index is 12.8. The summed E-state index contributed by atoms with van der Waals surface area (Å²) in [6.45, 7) is 9.17. The Morgan fingerprint density at radius 3 is 1.83 bits per heavy atom. The van der Waals surface area contributed by atoms with Crippen LogP contribution < -0.4 is 27.4 Å². The fraction of sp³-hybridized carbons (Fsp3) is 0.800. The number of carbonyl (C=O) groups excluding carboxylic acids is 3. The van der Waals surface area contributed by atoms with Gasteiger partial charge < -0.3 is 32.5 Å². The van der Waals surface area contributed by atoms with Crippen molar-refractivity contribution in [2.75, 3.05) is 6.54 Å². The molecule has 0 fully saturated rings. The lowest BCUT2D eigenvalue weighted by molar-refractivity contribution is -0.143. The molecule has 174 valence electrons. The average Bonchev–Trinajstić information content (AvgIpc) is 2.63. The fourth-order valence-electron chi connectivity index (χ4n) is 2.81. The molecule has 10 heteroatoms. The first kappa shape index (κ1) is 27.8. The number of carboxylic acids is 1. The van der Waals surface area contributed by atoms with Gasteiger partial charge in [0.2, 0.25) is 17.7 Å². The number of carbonyl (C=O) groups is 4. The molecule has 0 aromatic rings. The number of aliphatic carboxylic acids is 1. The lowest BCUT2D eigenvalue weighted by atomic mass is 9.99. The molecule has 30 heavy (non-hydrogen) atoms. The van der Waals surface area contributed by atoms with E-state index >= 15 is 0 Å². The number of nitrogens with one attached hydrogen (secondary N) is 3. The molecule has 0 aliphatic carbocycles. The van der Waals surface area contributed by atoms with Crippen molar-refractivity contribution >= 4 is 23.7 Å². The van der Waals surface area contributed by atoms with E-state index in [4.69, 9.17) is 11.5 Å². The minimum absolute atomic E-state index is 0.0684. The Bertz CT molecular complexity index is 580. The minimum atomic E-state index is -1.13. The standard InChI is InChI=1S/C20H39N5O5/c1-11(2)10-15(20(29)30)24-19(28)16(12(3)4)25-18(27)14(8-6-7-9-21)23-17(26)13(5)22/h11-16H,6-10,21-22H2,1-5H3,(H,23,26)(H,24,28)(H,25,27)(H,29,30). The van der Waals surface area contributed by atoms with E-state index < -0.39 is 47.9 Å². The van der Waals surface area contributed by atoms with E-state index in [0.717, 1.165) is 0 Å². The largest absolute Gasteiger partial charge is 0.480 e. The van der Waals surface area contributed by atoms with E-state index in [1.807, 2.05) is 13.8 Å². The van der Waals surface area contributed by atoms with Crippen molar-refractivity contribution in [3.8, 4) is 0 Å². The number of amides is 3. The van der Waals surface area contributed by atoms with E-state index in [-0.39, 0.29) is 18.3 Å². The molecule has 0 aromatic heterocycles. The predicted octanol–water partition coefficient (Wildman–Crippen LogP) is -0.296. The van der Waals surface area contributed by atoms with Crippen molar-refractivity contribution in [3.05, 3.63) is 0 Å². The van der Waals surface area contributed by atoms with Crippen molar-refractivity contribution in [1.82, 2.24) is 16.0 Å². The minimum Gasteiger partial charge on any atom is -0.480 e. The molecule has 0 rings (SSSR count). The van der Waals surface area contributed by atoms with E-state index in [1.54, 1.807) is 13.8 Å². The van der Waals surface area contributed by atoms with Gasteiger partial charge in [-0.05, 0) is 51.0 Å². The number of unbranched alkanes of at least 4 members (excludes halogenated alkanes) is 1. The summed E-state index contributed by atoms with van der Waals surface area (Å²) in [5.74, 6) is -2.93. The molecule has 0 heterocycles. The molecular formula is C20H39N5O5. The third kappa shape index (κ3) is 10.5. The predicted molar refractivity (Wildman–Crippen MR) is 114 cm³/mol. The van der Waals surface area contributed by atoms with E-state index in [2.05, 4.69) is 16.0 Å². The third-order valence-electron chi connectivity index (χ3n) is 4.56. The molecule has 0 aromatic carbocycles. The van der Waals surface area contributed by atoms with Crippen LogP contribution in [0.3, 0.4) is 0 Å². The zero-order valence-electron chi connectivity index (χ0n) is 18.7. The van der Waals surface area contributed by atoms with Crippen LogP contribution in [0, 0.1) is 11.8 Å². The summed E-state index contributed by atoms with van der Waals surface area (Å²) < 4.78 is 0. The number of nitrogens with two attached hydrogens (primary N) is 2. The smallest absolute Gasteiger partial charge is 0.326 e. The Morgan fingerprint density at radius 2 is 1.40 bits per heavy atom. The van der Waals surface area contributed by atoms with Crippen LogP contribution in [-0.2, 0) is 19.2 Å². The Morgan fingerprint density at radius 1 is 0.833 bits per heavy atom. The highest BCUT2D eigenvalue weighted by Gasteiger charge is 2.31. The van der Waals surface area contributed by atoms with Crippen LogP contribution in [0.25, 0.3) is 0 Å². The van der Waals surface area contributed by atoms with Gasteiger partial charge >= 0.3 is 5.97 Å². The molecule has 0 aliphatic heterocycles. The Labute approximate surface area is 178 Å². The van der Waals surface area contributed by atoms with Gasteiger partial charge in [0.25, 0.3) is 0 Å². The highest BCUT2D eigenvalue weighted by molar-refractivity contribution is 5.94. The van der Waals surface area contributed by atoms with Crippen LogP contribution in [0.4, 0.5) is 0 Å². The molecule has 0 saturated carbocycles. The second kappa shape index (κ2) is 13.9. The van der Waals surface area contributed by atoms with Gasteiger partial charge in [-0.15, -0.1) is 0 Å². The molecule has 8 N–H and O–H groups in total. The second-order valence-corrected chi connectivity index (χ2v) is 8.39. The Hall–Kier alpha value is -2.20. The first-order valence-corrected chi connectivity index (χ1v) is 10.5. The van der Waals surface area contributed by atoms with Gasteiger partial charge in [-0.3, -0.25) is 14.4 Å². The van der Waals surface area contributed by atoms with Crippen molar-refractivity contribution in [3.63, 3.8) is 0 Å². The van der Waals surface area contributed by atoms with E-state index in [1.165, 1.54) is 6.92 Å². The highest BCUT2D eigenvalue weighted by Crippen LogP contribution is 2.09. The van der Waals surface area contributed by atoms with Crippen LogP contribution in [-0.4, -0.2) is 59.5 Å². The quantitative estimate of drug-likeness (QED) is 0.205. The van der Waals surface area contributed by atoms with E-state index in [9.17, 15) is 24.3 Å². The molecule has 0 bridgehead atoms. The summed E-state index contributed by atoms with van der Waals surface area (Å²) in [7, 11) is 0. The van der Waals surface area contributed by atoms with Crippen LogP contribution in [0.15, 0.2) is 0 Å². The zero-order chi connectivity index (χ0) is 23.4. The van der Waals surface area contributed by atoms with Gasteiger partial charge in [0.1, 0.15) is 18.1 Å². The maximum atomic E-state index is 12.8. The Kier molecular flexibility index (Phi) is 12.9. The van der Waals surface area contributed by atoms with Gasteiger partial charge in [-0.1, -0.05) is 27.7 Å². The van der Waals surface area contributed by atoms with Crippen LogP contribution in [0.5, 0.6) is 0 Å². The topological polar surface area (TPSA) is 177 Å². The summed E-state index contributed by atoms with van der Waals surface area (Å²) in [5.41, 5.74) is 11.1. The number of hydrogen-bond acceptors (Lipinski definition) is 6. The Balaban J connectivity index is 5.31. The molecule has 0 radical (unpaired) electrons. The zero-order valence-corrected chi connectivity index (χ0v) is 18.7. The lowest BCUT2D eigenvalue weighted by Crippen LogP contribution is -2.58.